The molecule has 2 aromatic heterocycles. The van der Waals surface area contributed by atoms with Gasteiger partial charge in [0.1, 0.15) is 0 Å². The molecule has 0 saturated carbocycles. The molecule has 9 nitrogen and oxygen atoms in total. The zero-order valence-corrected chi connectivity index (χ0v) is 16.5. The number of para-hydroxylation sites is 1. The van der Waals surface area contributed by atoms with Gasteiger partial charge in [-0.3, -0.25) is 14.2 Å². The summed E-state index contributed by atoms with van der Waals surface area (Å²) in [5.74, 6) is -0.431. The highest BCUT2D eigenvalue weighted by atomic mass is 32.2. The van der Waals surface area contributed by atoms with Crippen molar-refractivity contribution in [1.29, 1.82) is 0 Å². The highest BCUT2D eigenvalue weighted by Gasteiger charge is 2.11. The topological polar surface area (TPSA) is 114 Å². The highest BCUT2D eigenvalue weighted by molar-refractivity contribution is 7.99. The molecule has 146 valence electrons. The minimum Gasteiger partial charge on any atom is -0.360 e. The molecular weight excluding hydrogens is 380 g/mol. The Hall–Kier alpha value is -3.14. The monoisotopic (exact) mass is 400 g/mol. The van der Waals surface area contributed by atoms with Gasteiger partial charge < -0.3 is 4.98 Å². The summed E-state index contributed by atoms with van der Waals surface area (Å²) < 4.78 is 2.01. The highest BCUT2D eigenvalue weighted by Crippen LogP contribution is 2.20. The number of H-pyrrole nitrogens is 1. The molecule has 0 aliphatic carbocycles. The van der Waals surface area contributed by atoms with Gasteiger partial charge in [-0.2, -0.15) is 10.2 Å². The number of hydrazone groups is 1. The first kappa shape index (κ1) is 19.6. The fourth-order valence-electron chi connectivity index (χ4n) is 2.74. The number of thioether (sulfide) groups is 1. The SMILES string of the molecule is CCc1cccc2c(/C=N/NC(=O)CSc3nn(C)c(=O)n(C)c3=O)c[nH]c12. The number of aryl methyl sites for hydroxylation is 2. The molecule has 1 aromatic carbocycles. The molecule has 0 aliphatic heterocycles. The molecule has 0 spiro atoms. The van der Waals surface area contributed by atoms with E-state index in [0.29, 0.717) is 0 Å². The van der Waals surface area contributed by atoms with E-state index in [1.165, 1.54) is 19.7 Å². The summed E-state index contributed by atoms with van der Waals surface area (Å²) >= 11 is 0.951. The Morgan fingerprint density at radius 2 is 2.14 bits per heavy atom. The number of carbonyl (C=O) groups excluding carboxylic acids is 1. The van der Waals surface area contributed by atoms with Gasteiger partial charge in [0.05, 0.1) is 12.0 Å². The average Bonchev–Trinajstić information content (AvgIpc) is 3.11. The van der Waals surface area contributed by atoms with Crippen LogP contribution in [0.4, 0.5) is 0 Å². The maximum atomic E-state index is 12.0. The van der Waals surface area contributed by atoms with E-state index in [0.717, 1.165) is 43.9 Å². The van der Waals surface area contributed by atoms with Crippen molar-refractivity contribution in [3.8, 4) is 0 Å². The largest absolute Gasteiger partial charge is 0.360 e. The molecule has 0 atom stereocenters. The second kappa shape index (κ2) is 8.26. The number of rotatable bonds is 6. The number of nitrogens with one attached hydrogen (secondary N) is 2. The van der Waals surface area contributed by atoms with Crippen molar-refractivity contribution in [2.75, 3.05) is 5.75 Å². The molecule has 0 radical (unpaired) electrons. The summed E-state index contributed by atoms with van der Waals surface area (Å²) in [7, 11) is 2.81. The van der Waals surface area contributed by atoms with Crippen molar-refractivity contribution in [3.63, 3.8) is 0 Å². The Morgan fingerprint density at radius 1 is 1.36 bits per heavy atom. The normalized spacial score (nSPS) is 11.4. The van der Waals surface area contributed by atoms with Crippen LogP contribution < -0.4 is 16.7 Å². The number of nitrogens with zero attached hydrogens (tertiary/aromatic N) is 4. The van der Waals surface area contributed by atoms with Crippen LogP contribution in [0.3, 0.4) is 0 Å². The van der Waals surface area contributed by atoms with Crippen LogP contribution in [0.25, 0.3) is 10.9 Å². The first-order valence-corrected chi connectivity index (χ1v) is 9.59. The third-order valence-electron chi connectivity index (χ3n) is 4.24. The van der Waals surface area contributed by atoms with E-state index >= 15 is 0 Å². The molecule has 0 fully saturated rings. The standard InChI is InChI=1S/C18H20N6O3S/c1-4-11-6-5-7-13-12(8-19-15(11)13)9-20-21-14(25)10-28-16-17(26)23(2)18(27)24(3)22-16/h5-9,19H,4,10H2,1-3H3,(H,21,25)/b20-9+. The number of aromatic amines is 1. The number of benzene rings is 1. The van der Waals surface area contributed by atoms with Crippen molar-refractivity contribution in [3.05, 3.63) is 56.4 Å². The maximum absolute atomic E-state index is 12.0. The predicted octanol–water partition coefficient (Wildman–Crippen LogP) is 0.765. The fourth-order valence-corrected chi connectivity index (χ4v) is 3.51. The van der Waals surface area contributed by atoms with E-state index in [2.05, 4.69) is 33.6 Å². The Labute approximate surface area is 164 Å². The third kappa shape index (κ3) is 3.91. The van der Waals surface area contributed by atoms with Crippen LogP contribution in [0.5, 0.6) is 0 Å². The van der Waals surface area contributed by atoms with Gasteiger partial charge in [0.15, 0.2) is 5.03 Å². The summed E-state index contributed by atoms with van der Waals surface area (Å²) in [5.41, 5.74) is 4.52. The lowest BCUT2D eigenvalue weighted by atomic mass is 10.1. The van der Waals surface area contributed by atoms with Crippen LogP contribution >= 0.6 is 11.8 Å². The molecule has 3 aromatic rings. The second-order valence-corrected chi connectivity index (χ2v) is 7.06. The fraction of sp³-hybridized carbons (Fsp3) is 0.278. The van der Waals surface area contributed by atoms with Gasteiger partial charge in [0, 0.05) is 36.8 Å². The predicted molar refractivity (Wildman–Crippen MR) is 109 cm³/mol. The van der Waals surface area contributed by atoms with Gasteiger partial charge in [0.2, 0.25) is 5.91 Å². The lowest BCUT2D eigenvalue weighted by molar-refractivity contribution is -0.118. The first-order chi connectivity index (χ1) is 13.4. The lowest BCUT2D eigenvalue weighted by Crippen LogP contribution is -2.39. The van der Waals surface area contributed by atoms with Crippen molar-refractivity contribution < 1.29 is 4.79 Å². The number of carbonyl (C=O) groups is 1. The summed E-state index contributed by atoms with van der Waals surface area (Å²) in [6.45, 7) is 2.09. The summed E-state index contributed by atoms with van der Waals surface area (Å²) in [4.78, 5) is 38.9. The molecular formula is C18H20N6O3S. The number of aromatic nitrogens is 4. The van der Waals surface area contributed by atoms with Crippen LogP contribution in [-0.2, 0) is 25.3 Å². The number of fused-ring (bicyclic) bond motifs is 1. The Balaban J connectivity index is 1.64. The summed E-state index contributed by atoms with van der Waals surface area (Å²) in [6, 6.07) is 6.05. The second-order valence-electron chi connectivity index (χ2n) is 6.09. The Kier molecular flexibility index (Phi) is 5.78. The van der Waals surface area contributed by atoms with Crippen molar-refractivity contribution in [2.45, 2.75) is 18.4 Å². The van der Waals surface area contributed by atoms with Crippen LogP contribution in [0.1, 0.15) is 18.1 Å². The third-order valence-corrected chi connectivity index (χ3v) is 5.18. The molecule has 28 heavy (non-hydrogen) atoms. The molecule has 3 rings (SSSR count). The molecule has 0 bridgehead atoms. The van der Waals surface area contributed by atoms with Gasteiger partial charge in [-0.05, 0) is 12.0 Å². The summed E-state index contributed by atoms with van der Waals surface area (Å²) in [5, 5.41) is 8.98. The van der Waals surface area contributed by atoms with Gasteiger partial charge in [0.25, 0.3) is 5.56 Å². The van der Waals surface area contributed by atoms with Gasteiger partial charge in [-0.25, -0.2) is 14.9 Å². The molecule has 0 unspecified atom stereocenters. The minimum atomic E-state index is -0.532. The number of hydrogen-bond donors (Lipinski definition) is 2. The van der Waals surface area contributed by atoms with Crippen LogP contribution in [-0.4, -0.2) is 37.2 Å². The Bertz CT molecular complexity index is 1170. The minimum absolute atomic E-state index is 0.0499. The Morgan fingerprint density at radius 3 is 2.89 bits per heavy atom. The maximum Gasteiger partial charge on any atom is 0.346 e. The molecule has 10 heteroatoms. The number of hydrogen-bond acceptors (Lipinski definition) is 6. The quantitative estimate of drug-likeness (QED) is 0.360. The van der Waals surface area contributed by atoms with Gasteiger partial charge in [-0.1, -0.05) is 36.9 Å². The van der Waals surface area contributed by atoms with Crippen molar-refractivity contribution >= 4 is 34.8 Å². The van der Waals surface area contributed by atoms with Crippen LogP contribution in [0.2, 0.25) is 0 Å². The van der Waals surface area contributed by atoms with E-state index in [-0.39, 0.29) is 16.7 Å². The van der Waals surface area contributed by atoms with E-state index in [9.17, 15) is 14.4 Å². The van der Waals surface area contributed by atoms with E-state index in [1.807, 2.05) is 18.3 Å². The van der Waals surface area contributed by atoms with E-state index in [4.69, 9.17) is 0 Å². The summed E-state index contributed by atoms with van der Waals surface area (Å²) in [6.07, 6.45) is 4.33. The molecule has 0 aliphatic rings. The van der Waals surface area contributed by atoms with Crippen LogP contribution in [0.15, 0.2) is 44.1 Å². The molecule has 1 amide bonds. The molecule has 2 N–H and O–H groups in total. The van der Waals surface area contributed by atoms with Gasteiger partial charge >= 0.3 is 5.69 Å². The van der Waals surface area contributed by atoms with Gasteiger partial charge in [-0.15, -0.1) is 0 Å². The molecule has 0 saturated heterocycles. The number of amides is 1. The van der Waals surface area contributed by atoms with Crippen molar-refractivity contribution in [2.24, 2.45) is 19.2 Å². The average molecular weight is 400 g/mol. The van der Waals surface area contributed by atoms with Crippen LogP contribution in [0, 0.1) is 0 Å². The zero-order chi connectivity index (χ0) is 20.3. The van der Waals surface area contributed by atoms with E-state index < -0.39 is 11.2 Å². The lowest BCUT2D eigenvalue weighted by Gasteiger charge is -2.04. The first-order valence-electron chi connectivity index (χ1n) is 8.60. The zero-order valence-electron chi connectivity index (χ0n) is 15.7. The molecule has 2 heterocycles. The van der Waals surface area contributed by atoms with E-state index in [1.54, 1.807) is 6.21 Å². The van der Waals surface area contributed by atoms with Crippen molar-refractivity contribution in [1.82, 2.24) is 24.8 Å². The smallest absolute Gasteiger partial charge is 0.346 e.